The lowest BCUT2D eigenvalue weighted by Gasteiger charge is -2.23. The van der Waals surface area contributed by atoms with Crippen molar-refractivity contribution in [1.29, 1.82) is 0 Å². The lowest BCUT2D eigenvalue weighted by atomic mass is 10.1. The second-order valence-corrected chi connectivity index (χ2v) is 9.03. The normalized spacial score (nSPS) is 11.2. The Bertz CT molecular complexity index is 998. The summed E-state index contributed by atoms with van der Waals surface area (Å²) in [5.74, 6) is 0.300. The number of carbonyl (C=O) groups is 1. The first-order chi connectivity index (χ1) is 13.4. The lowest BCUT2D eigenvalue weighted by Crippen LogP contribution is -2.31. The summed E-state index contributed by atoms with van der Waals surface area (Å²) in [6.07, 6.45) is 1.37. The van der Waals surface area contributed by atoms with E-state index in [1.54, 1.807) is 35.6 Å². The van der Waals surface area contributed by atoms with Gasteiger partial charge in [0.2, 0.25) is 5.91 Å². The largest absolute Gasteiger partial charge is 0.383 e. The van der Waals surface area contributed by atoms with Crippen LogP contribution >= 0.6 is 11.3 Å². The summed E-state index contributed by atoms with van der Waals surface area (Å²) < 4.78 is 27.3. The fourth-order valence-electron chi connectivity index (χ4n) is 2.76. The van der Waals surface area contributed by atoms with Gasteiger partial charge >= 0.3 is 10.1 Å². The number of hydrogen-bond donors (Lipinski definition) is 0. The molecule has 1 heterocycles. The van der Waals surface area contributed by atoms with E-state index in [2.05, 4.69) is 0 Å². The van der Waals surface area contributed by atoms with Gasteiger partial charge in [0.1, 0.15) is 5.75 Å². The van der Waals surface area contributed by atoms with Gasteiger partial charge < -0.3 is 9.08 Å². The average Bonchev–Trinajstić information content (AvgIpc) is 3.15. The molecule has 0 radical (unpaired) electrons. The van der Waals surface area contributed by atoms with Crippen molar-refractivity contribution in [3.05, 3.63) is 88.1 Å². The van der Waals surface area contributed by atoms with Crippen LogP contribution in [0.15, 0.2) is 72.1 Å². The van der Waals surface area contributed by atoms with Crippen LogP contribution in [0.3, 0.4) is 0 Å². The van der Waals surface area contributed by atoms with Crippen LogP contribution in [0.25, 0.3) is 0 Å². The average molecular weight is 416 g/mol. The van der Waals surface area contributed by atoms with Gasteiger partial charge in [0.25, 0.3) is 0 Å². The van der Waals surface area contributed by atoms with Gasteiger partial charge in [-0.15, -0.1) is 11.3 Å². The van der Waals surface area contributed by atoms with Gasteiger partial charge in [-0.1, -0.05) is 48.5 Å². The minimum Gasteiger partial charge on any atom is -0.383 e. The molecule has 0 bridgehead atoms. The summed E-state index contributed by atoms with van der Waals surface area (Å²) >= 11 is 1.57. The van der Waals surface area contributed by atoms with Gasteiger partial charge in [0, 0.05) is 18.0 Å². The first kappa shape index (κ1) is 20.1. The lowest BCUT2D eigenvalue weighted by molar-refractivity contribution is -0.131. The minimum atomic E-state index is -3.56. The summed E-state index contributed by atoms with van der Waals surface area (Å²) in [5.41, 5.74) is 1.95. The number of benzene rings is 2. The monoisotopic (exact) mass is 415 g/mol. The molecule has 0 saturated heterocycles. The molecule has 2 aromatic carbocycles. The van der Waals surface area contributed by atoms with E-state index < -0.39 is 10.1 Å². The maximum atomic E-state index is 12.9. The van der Waals surface area contributed by atoms with Crippen molar-refractivity contribution in [3.8, 4) is 5.75 Å². The Morgan fingerprint density at radius 1 is 0.929 bits per heavy atom. The van der Waals surface area contributed by atoms with E-state index in [1.807, 2.05) is 52.7 Å². The molecule has 0 atom stereocenters. The summed E-state index contributed by atoms with van der Waals surface area (Å²) in [7, 11) is -3.56. The zero-order chi connectivity index (χ0) is 20.0. The van der Waals surface area contributed by atoms with E-state index in [0.29, 0.717) is 19.5 Å². The molecular weight excluding hydrogens is 394 g/mol. The highest BCUT2D eigenvalue weighted by Crippen LogP contribution is 2.18. The molecule has 0 N–H and O–H groups in total. The number of thiophene rings is 1. The fourth-order valence-corrected chi connectivity index (χ4v) is 3.91. The molecule has 28 heavy (non-hydrogen) atoms. The summed E-state index contributed by atoms with van der Waals surface area (Å²) in [4.78, 5) is 15.7. The Morgan fingerprint density at radius 3 is 2.14 bits per heavy atom. The number of amides is 1. The van der Waals surface area contributed by atoms with E-state index in [0.717, 1.165) is 22.3 Å². The summed E-state index contributed by atoms with van der Waals surface area (Å²) in [5, 5.41) is 1.96. The van der Waals surface area contributed by atoms with Crippen molar-refractivity contribution in [2.45, 2.75) is 19.5 Å². The molecule has 0 unspecified atom stereocenters. The molecule has 0 aliphatic heterocycles. The third-order valence-electron chi connectivity index (χ3n) is 4.02. The van der Waals surface area contributed by atoms with Gasteiger partial charge in [-0.2, -0.15) is 8.42 Å². The van der Waals surface area contributed by atoms with Gasteiger partial charge in [0.15, 0.2) is 0 Å². The third-order valence-corrected chi connectivity index (χ3v) is 5.39. The zero-order valence-corrected chi connectivity index (χ0v) is 17.1. The standard InChI is InChI=1S/C21H21NO4S2/c1-28(24,25)26-19-11-9-18(10-12-19)16-22(15-17-6-3-2-4-7-17)21(23)14-20-8-5-13-27-20/h2-13H,14-16H2,1H3. The molecule has 146 valence electrons. The maximum absolute atomic E-state index is 12.9. The topological polar surface area (TPSA) is 63.7 Å². The minimum absolute atomic E-state index is 0.0442. The highest BCUT2D eigenvalue weighted by molar-refractivity contribution is 7.86. The number of hydrogen-bond acceptors (Lipinski definition) is 5. The molecule has 0 spiro atoms. The molecule has 3 rings (SSSR count). The van der Waals surface area contributed by atoms with Crippen LogP contribution in [0.2, 0.25) is 0 Å². The molecular formula is C21H21NO4S2. The summed E-state index contributed by atoms with van der Waals surface area (Å²) in [6.45, 7) is 0.935. The molecule has 0 fully saturated rings. The van der Waals surface area contributed by atoms with Crippen molar-refractivity contribution in [2.75, 3.05) is 6.26 Å². The van der Waals surface area contributed by atoms with E-state index in [-0.39, 0.29) is 11.7 Å². The van der Waals surface area contributed by atoms with Crippen LogP contribution in [0.4, 0.5) is 0 Å². The Hall–Kier alpha value is -2.64. The molecule has 0 aliphatic rings. The van der Waals surface area contributed by atoms with Crippen molar-refractivity contribution < 1.29 is 17.4 Å². The van der Waals surface area contributed by atoms with Crippen molar-refractivity contribution in [3.63, 3.8) is 0 Å². The van der Waals surface area contributed by atoms with Gasteiger partial charge in [-0.3, -0.25) is 4.79 Å². The predicted octanol–water partition coefficient (Wildman–Crippen LogP) is 3.86. The van der Waals surface area contributed by atoms with Crippen LogP contribution in [0.1, 0.15) is 16.0 Å². The van der Waals surface area contributed by atoms with Gasteiger partial charge in [0.05, 0.1) is 12.7 Å². The quantitative estimate of drug-likeness (QED) is 0.524. The van der Waals surface area contributed by atoms with Crippen LogP contribution in [0.5, 0.6) is 5.75 Å². The Morgan fingerprint density at radius 2 is 1.57 bits per heavy atom. The third kappa shape index (κ3) is 6.21. The highest BCUT2D eigenvalue weighted by atomic mass is 32.2. The van der Waals surface area contributed by atoms with Gasteiger partial charge in [-0.05, 0) is 34.7 Å². The number of carbonyl (C=O) groups excluding carboxylic acids is 1. The molecule has 7 heteroatoms. The second-order valence-electron chi connectivity index (χ2n) is 6.42. The molecule has 0 aliphatic carbocycles. The predicted molar refractivity (Wildman–Crippen MR) is 111 cm³/mol. The zero-order valence-electron chi connectivity index (χ0n) is 15.4. The maximum Gasteiger partial charge on any atom is 0.306 e. The van der Waals surface area contributed by atoms with Crippen LogP contribution in [-0.4, -0.2) is 25.5 Å². The Kier molecular flexibility index (Phi) is 6.49. The van der Waals surface area contributed by atoms with E-state index in [1.165, 1.54) is 0 Å². The van der Waals surface area contributed by atoms with E-state index >= 15 is 0 Å². The highest BCUT2D eigenvalue weighted by Gasteiger charge is 2.16. The molecule has 1 aromatic heterocycles. The fraction of sp³-hybridized carbons (Fsp3) is 0.190. The smallest absolute Gasteiger partial charge is 0.306 e. The number of nitrogens with zero attached hydrogens (tertiary/aromatic N) is 1. The van der Waals surface area contributed by atoms with Crippen molar-refractivity contribution in [2.24, 2.45) is 0 Å². The number of rotatable bonds is 8. The van der Waals surface area contributed by atoms with Crippen LogP contribution in [-0.2, 0) is 34.4 Å². The first-order valence-electron chi connectivity index (χ1n) is 8.71. The first-order valence-corrected chi connectivity index (χ1v) is 11.4. The van der Waals surface area contributed by atoms with E-state index in [4.69, 9.17) is 4.18 Å². The van der Waals surface area contributed by atoms with Crippen LogP contribution < -0.4 is 4.18 Å². The van der Waals surface area contributed by atoms with E-state index in [9.17, 15) is 13.2 Å². The Labute approximate surface area is 169 Å². The van der Waals surface area contributed by atoms with Gasteiger partial charge in [-0.25, -0.2) is 0 Å². The molecule has 5 nitrogen and oxygen atoms in total. The second kappa shape index (κ2) is 9.03. The summed E-state index contributed by atoms with van der Waals surface area (Å²) in [6, 6.07) is 20.5. The molecule has 3 aromatic rings. The SMILES string of the molecule is CS(=O)(=O)Oc1ccc(CN(Cc2ccccc2)C(=O)Cc2cccs2)cc1. The molecule has 1 amide bonds. The van der Waals surface area contributed by atoms with Crippen molar-refractivity contribution >= 4 is 27.4 Å². The Balaban J connectivity index is 1.75. The van der Waals surface area contributed by atoms with Crippen molar-refractivity contribution in [1.82, 2.24) is 4.90 Å². The molecule has 0 saturated carbocycles. The van der Waals surface area contributed by atoms with Crippen LogP contribution in [0, 0.1) is 0 Å².